The number of rotatable bonds is 8. The van der Waals surface area contributed by atoms with E-state index in [0.717, 1.165) is 16.3 Å². The third kappa shape index (κ3) is 6.35. The third-order valence-electron chi connectivity index (χ3n) is 3.70. The van der Waals surface area contributed by atoms with Crippen LogP contribution < -0.4 is 20.1 Å². The topological polar surface area (TPSA) is 67.8 Å². The fraction of sp³-hybridized carbons (Fsp3) is 0.444. The van der Waals surface area contributed by atoms with Crippen LogP contribution in [-0.4, -0.2) is 31.7 Å². The van der Waals surface area contributed by atoms with Crippen LogP contribution in [0, 0.1) is 0 Å². The van der Waals surface area contributed by atoms with Gasteiger partial charge in [0.2, 0.25) is 0 Å². The molecule has 0 unspecified atom stereocenters. The Morgan fingerprint density at radius 1 is 1.22 bits per heavy atom. The largest absolute Gasteiger partial charge is 0.493 e. The summed E-state index contributed by atoms with van der Waals surface area (Å²) in [6.07, 6.45) is 0. The second-order valence-electron chi connectivity index (χ2n) is 5.96. The maximum atomic E-state index is 12.5. The maximum Gasteiger partial charge on any atom is 0.387 e. The van der Waals surface area contributed by atoms with Crippen molar-refractivity contribution in [3.63, 3.8) is 0 Å². The number of methoxy groups -OCH3 is 1. The Morgan fingerprint density at radius 2 is 1.96 bits per heavy atom. The molecule has 9 heteroatoms. The van der Waals surface area contributed by atoms with E-state index in [1.54, 1.807) is 30.5 Å². The average Bonchev–Trinajstić information content (AvgIpc) is 3.11. The van der Waals surface area contributed by atoms with Gasteiger partial charge in [0.1, 0.15) is 5.01 Å². The molecule has 27 heavy (non-hydrogen) atoms. The minimum Gasteiger partial charge on any atom is -0.493 e. The molecule has 2 rings (SSSR count). The smallest absolute Gasteiger partial charge is 0.387 e. The van der Waals surface area contributed by atoms with E-state index >= 15 is 0 Å². The number of aromatic nitrogens is 1. The van der Waals surface area contributed by atoms with Crippen molar-refractivity contribution in [2.24, 2.45) is 4.99 Å². The van der Waals surface area contributed by atoms with Gasteiger partial charge in [0.15, 0.2) is 17.5 Å². The van der Waals surface area contributed by atoms with E-state index in [1.165, 1.54) is 13.2 Å². The van der Waals surface area contributed by atoms with E-state index < -0.39 is 6.61 Å². The van der Waals surface area contributed by atoms with Crippen LogP contribution in [0.3, 0.4) is 0 Å². The van der Waals surface area contributed by atoms with Crippen molar-refractivity contribution >= 4 is 17.3 Å². The van der Waals surface area contributed by atoms with Crippen molar-refractivity contribution in [2.45, 2.75) is 39.5 Å². The molecular weight excluding hydrogens is 374 g/mol. The number of guanidine groups is 1. The predicted molar refractivity (Wildman–Crippen MR) is 103 cm³/mol. The number of hydrogen-bond acceptors (Lipinski definition) is 5. The number of ether oxygens (including phenoxy) is 2. The quantitative estimate of drug-likeness (QED) is 0.524. The summed E-state index contributed by atoms with van der Waals surface area (Å²) >= 11 is 1.60. The second-order valence-corrected chi connectivity index (χ2v) is 6.91. The van der Waals surface area contributed by atoms with Gasteiger partial charge in [-0.05, 0) is 23.6 Å². The summed E-state index contributed by atoms with van der Waals surface area (Å²) in [6.45, 7) is 2.24. The zero-order chi connectivity index (χ0) is 19.8. The highest BCUT2D eigenvalue weighted by Crippen LogP contribution is 2.29. The maximum absolute atomic E-state index is 12.5. The zero-order valence-electron chi connectivity index (χ0n) is 15.8. The first-order valence-corrected chi connectivity index (χ1v) is 9.31. The first-order valence-electron chi connectivity index (χ1n) is 8.43. The van der Waals surface area contributed by atoms with E-state index in [1.807, 2.05) is 0 Å². The number of benzene rings is 1. The van der Waals surface area contributed by atoms with E-state index in [2.05, 4.69) is 44.6 Å². The number of nitrogens with zero attached hydrogens (tertiary/aromatic N) is 2. The number of nitrogens with one attached hydrogen (secondary N) is 2. The molecule has 0 aliphatic rings. The minimum atomic E-state index is -2.91. The summed E-state index contributed by atoms with van der Waals surface area (Å²) < 4.78 is 34.6. The molecule has 0 spiro atoms. The monoisotopic (exact) mass is 398 g/mol. The van der Waals surface area contributed by atoms with Gasteiger partial charge in [-0.25, -0.2) is 4.98 Å². The number of aliphatic imine (C=N–C) groups is 1. The number of hydrogen-bond donors (Lipinski definition) is 2. The summed E-state index contributed by atoms with van der Waals surface area (Å²) in [5, 5.41) is 9.35. The normalized spacial score (nSPS) is 11.8. The molecule has 0 amide bonds. The zero-order valence-corrected chi connectivity index (χ0v) is 16.6. The molecule has 148 valence electrons. The molecule has 1 aromatic heterocycles. The first kappa shape index (κ1) is 20.9. The van der Waals surface area contributed by atoms with Crippen molar-refractivity contribution in [2.75, 3.05) is 14.2 Å². The van der Waals surface area contributed by atoms with E-state index in [0.29, 0.717) is 25.0 Å². The van der Waals surface area contributed by atoms with Gasteiger partial charge < -0.3 is 20.1 Å². The lowest BCUT2D eigenvalue weighted by molar-refractivity contribution is -0.0512. The SMILES string of the molecule is CN=C(NCc1ccc(OC)c(OC(F)F)c1)NCc1nc(C(C)C)cs1. The highest BCUT2D eigenvalue weighted by atomic mass is 32.1. The Bertz CT molecular complexity index is 766. The molecular formula is C18H24F2N4O2S. The molecule has 0 atom stereocenters. The van der Waals surface area contributed by atoms with Crippen molar-refractivity contribution in [1.29, 1.82) is 0 Å². The average molecular weight is 398 g/mol. The Labute approximate surface area is 161 Å². The van der Waals surface area contributed by atoms with E-state index in [-0.39, 0.29) is 11.5 Å². The molecule has 0 bridgehead atoms. The Hall–Kier alpha value is -2.42. The lowest BCUT2D eigenvalue weighted by atomic mass is 10.2. The summed E-state index contributed by atoms with van der Waals surface area (Å²) in [5.41, 5.74) is 1.83. The van der Waals surface area contributed by atoms with Gasteiger partial charge in [-0.15, -0.1) is 11.3 Å². The molecule has 0 aliphatic carbocycles. The third-order valence-corrected chi connectivity index (χ3v) is 4.56. The molecule has 0 saturated carbocycles. The minimum absolute atomic E-state index is 0.00116. The van der Waals surface area contributed by atoms with Crippen LogP contribution in [0.2, 0.25) is 0 Å². The van der Waals surface area contributed by atoms with Gasteiger partial charge in [-0.3, -0.25) is 4.99 Å². The molecule has 0 aliphatic heterocycles. The fourth-order valence-corrected chi connectivity index (χ4v) is 3.15. The van der Waals surface area contributed by atoms with Crippen LogP contribution >= 0.6 is 11.3 Å². The van der Waals surface area contributed by atoms with Crippen LogP contribution in [0.1, 0.15) is 36.0 Å². The number of halogens is 2. The molecule has 1 aromatic carbocycles. The number of thiazole rings is 1. The van der Waals surface area contributed by atoms with Gasteiger partial charge in [0.05, 0.1) is 19.3 Å². The van der Waals surface area contributed by atoms with Gasteiger partial charge in [0.25, 0.3) is 0 Å². The second kappa shape index (κ2) is 10.1. The van der Waals surface area contributed by atoms with Gasteiger partial charge >= 0.3 is 6.61 Å². The van der Waals surface area contributed by atoms with Crippen molar-refractivity contribution in [3.8, 4) is 11.5 Å². The molecule has 6 nitrogen and oxygen atoms in total. The molecule has 2 N–H and O–H groups in total. The van der Waals surface area contributed by atoms with Crippen molar-refractivity contribution in [3.05, 3.63) is 39.8 Å². The van der Waals surface area contributed by atoms with Crippen LogP contribution in [-0.2, 0) is 13.1 Å². The lowest BCUT2D eigenvalue weighted by Gasteiger charge is -2.14. The Morgan fingerprint density at radius 3 is 2.56 bits per heavy atom. The molecule has 0 radical (unpaired) electrons. The molecule has 2 aromatic rings. The van der Waals surface area contributed by atoms with Crippen LogP contribution in [0.15, 0.2) is 28.6 Å². The van der Waals surface area contributed by atoms with Crippen molar-refractivity contribution < 1.29 is 18.3 Å². The van der Waals surface area contributed by atoms with E-state index in [9.17, 15) is 8.78 Å². The summed E-state index contributed by atoms with van der Waals surface area (Å²) in [5.74, 6) is 1.24. The lowest BCUT2D eigenvalue weighted by Crippen LogP contribution is -2.36. The summed E-state index contributed by atoms with van der Waals surface area (Å²) in [6, 6.07) is 4.88. The van der Waals surface area contributed by atoms with Gasteiger partial charge in [0, 0.05) is 19.0 Å². The molecule has 1 heterocycles. The van der Waals surface area contributed by atoms with Gasteiger partial charge in [-0.1, -0.05) is 19.9 Å². The summed E-state index contributed by atoms with van der Waals surface area (Å²) in [4.78, 5) is 8.72. The predicted octanol–water partition coefficient (Wildman–Crippen LogP) is 3.74. The van der Waals surface area contributed by atoms with Gasteiger partial charge in [-0.2, -0.15) is 8.78 Å². The van der Waals surface area contributed by atoms with Crippen LogP contribution in [0.5, 0.6) is 11.5 Å². The standard InChI is InChI=1S/C18H24F2N4O2S/c1-11(2)13-10-27-16(24-13)9-23-18(21-3)22-8-12-5-6-14(25-4)15(7-12)26-17(19)20/h5-7,10-11,17H,8-9H2,1-4H3,(H2,21,22,23). The molecule has 0 saturated heterocycles. The van der Waals surface area contributed by atoms with Crippen LogP contribution in [0.4, 0.5) is 8.78 Å². The Balaban J connectivity index is 1.93. The summed E-state index contributed by atoms with van der Waals surface area (Å²) in [7, 11) is 3.07. The molecule has 0 fully saturated rings. The van der Waals surface area contributed by atoms with Crippen molar-refractivity contribution in [1.82, 2.24) is 15.6 Å². The highest BCUT2D eigenvalue weighted by molar-refractivity contribution is 7.09. The Kier molecular flexibility index (Phi) is 7.78. The number of alkyl halides is 2. The van der Waals surface area contributed by atoms with E-state index in [4.69, 9.17) is 4.74 Å². The first-order chi connectivity index (χ1) is 12.9. The fourth-order valence-electron chi connectivity index (χ4n) is 2.26. The van der Waals surface area contributed by atoms with Crippen LogP contribution in [0.25, 0.3) is 0 Å². The highest BCUT2D eigenvalue weighted by Gasteiger charge is 2.12.